The molecule has 0 saturated heterocycles. The second kappa shape index (κ2) is 9.68. The van der Waals surface area contributed by atoms with E-state index >= 15 is 0 Å². The fourth-order valence-electron chi connectivity index (χ4n) is 2.71. The van der Waals surface area contributed by atoms with E-state index < -0.39 is 0 Å². The number of amides is 1. The molecule has 0 aromatic heterocycles. The van der Waals surface area contributed by atoms with E-state index in [4.69, 9.17) is 18.9 Å². The van der Waals surface area contributed by atoms with Gasteiger partial charge in [0.05, 0.1) is 35.0 Å². The van der Waals surface area contributed by atoms with Crippen LogP contribution in [0.25, 0.3) is 0 Å². The number of carbonyl (C=O) groups is 1. The first-order valence-electron chi connectivity index (χ1n) is 8.42. The Morgan fingerprint density at radius 3 is 2.00 bits per heavy atom. The molecule has 146 valence electrons. The van der Waals surface area contributed by atoms with Crippen LogP contribution in [0.15, 0.2) is 36.4 Å². The molecule has 1 N–H and O–H groups in total. The Labute approximate surface area is 159 Å². The number of ether oxygens (including phenoxy) is 4. The van der Waals surface area contributed by atoms with Crippen LogP contribution in [0.2, 0.25) is 0 Å². The molecular formula is C20H26N2O5. The molecule has 0 unspecified atom stereocenters. The van der Waals surface area contributed by atoms with Crippen molar-refractivity contribution in [2.45, 2.75) is 6.54 Å². The summed E-state index contributed by atoms with van der Waals surface area (Å²) in [6, 6.07) is 11.0. The van der Waals surface area contributed by atoms with Crippen LogP contribution in [-0.4, -0.2) is 52.8 Å². The number of hydrogen-bond acceptors (Lipinski definition) is 6. The van der Waals surface area contributed by atoms with Gasteiger partial charge in [-0.1, -0.05) is 6.07 Å². The van der Waals surface area contributed by atoms with E-state index in [-0.39, 0.29) is 12.5 Å². The van der Waals surface area contributed by atoms with Gasteiger partial charge in [0.15, 0.2) is 23.0 Å². The molecule has 0 heterocycles. The number of likely N-dealkylation sites (N-methyl/N-ethyl adjacent to an activating group) is 1. The molecule has 0 bridgehead atoms. The lowest BCUT2D eigenvalue weighted by atomic mass is 10.2. The van der Waals surface area contributed by atoms with Crippen molar-refractivity contribution in [3.63, 3.8) is 0 Å². The molecule has 2 rings (SSSR count). The van der Waals surface area contributed by atoms with Gasteiger partial charge in [-0.05, 0) is 36.9 Å². The summed E-state index contributed by atoms with van der Waals surface area (Å²) in [4.78, 5) is 14.2. The molecule has 0 spiro atoms. The molecule has 0 fully saturated rings. The summed E-state index contributed by atoms with van der Waals surface area (Å²) in [6.07, 6.45) is 0. The molecule has 0 aliphatic heterocycles. The van der Waals surface area contributed by atoms with Crippen molar-refractivity contribution in [2.24, 2.45) is 0 Å². The number of nitrogens with zero attached hydrogens (tertiary/aromatic N) is 1. The highest BCUT2D eigenvalue weighted by molar-refractivity contribution is 5.92. The summed E-state index contributed by atoms with van der Waals surface area (Å²) < 4.78 is 21.0. The standard InChI is InChI=1S/C20H26N2O5/c1-22(12-14-6-8-16(24-2)18(10-14)26-4)13-20(23)21-15-7-9-17(25-3)19(11-15)27-5/h6-11H,12-13H2,1-5H3,(H,21,23). The van der Waals surface area contributed by atoms with Crippen LogP contribution in [0.3, 0.4) is 0 Å². The summed E-state index contributed by atoms with van der Waals surface area (Å²) in [5, 5.41) is 2.86. The highest BCUT2D eigenvalue weighted by atomic mass is 16.5. The molecule has 0 radical (unpaired) electrons. The number of methoxy groups -OCH3 is 4. The molecule has 27 heavy (non-hydrogen) atoms. The SMILES string of the molecule is COc1ccc(CN(C)CC(=O)Nc2ccc(OC)c(OC)c2)cc1OC. The zero-order valence-electron chi connectivity index (χ0n) is 16.4. The first-order valence-corrected chi connectivity index (χ1v) is 8.42. The first kappa shape index (κ1) is 20.4. The lowest BCUT2D eigenvalue weighted by Crippen LogP contribution is -2.29. The number of nitrogens with one attached hydrogen (secondary N) is 1. The van der Waals surface area contributed by atoms with E-state index in [2.05, 4.69) is 5.32 Å². The third-order valence-corrected chi connectivity index (χ3v) is 3.98. The lowest BCUT2D eigenvalue weighted by Gasteiger charge is -2.18. The fourth-order valence-corrected chi connectivity index (χ4v) is 2.71. The van der Waals surface area contributed by atoms with Gasteiger partial charge in [-0.25, -0.2) is 0 Å². The van der Waals surface area contributed by atoms with Gasteiger partial charge in [-0.2, -0.15) is 0 Å². The van der Waals surface area contributed by atoms with Gasteiger partial charge in [0, 0.05) is 18.3 Å². The lowest BCUT2D eigenvalue weighted by molar-refractivity contribution is -0.117. The van der Waals surface area contributed by atoms with Crippen LogP contribution in [0.5, 0.6) is 23.0 Å². The highest BCUT2D eigenvalue weighted by Gasteiger charge is 2.11. The Hall–Kier alpha value is -2.93. The summed E-state index contributed by atoms with van der Waals surface area (Å²) >= 11 is 0. The van der Waals surface area contributed by atoms with Gasteiger partial charge in [-0.3, -0.25) is 9.69 Å². The average molecular weight is 374 g/mol. The van der Waals surface area contributed by atoms with Gasteiger partial charge in [0.25, 0.3) is 0 Å². The first-order chi connectivity index (χ1) is 13.0. The van der Waals surface area contributed by atoms with Gasteiger partial charge in [-0.15, -0.1) is 0 Å². The van der Waals surface area contributed by atoms with Crippen molar-refractivity contribution in [3.8, 4) is 23.0 Å². The van der Waals surface area contributed by atoms with Gasteiger partial charge in [0.2, 0.25) is 5.91 Å². The number of rotatable bonds is 9. The van der Waals surface area contributed by atoms with E-state index in [0.717, 1.165) is 5.56 Å². The predicted molar refractivity (Wildman–Crippen MR) is 104 cm³/mol. The molecule has 2 aromatic carbocycles. The maximum atomic E-state index is 12.3. The van der Waals surface area contributed by atoms with Crippen LogP contribution in [0.4, 0.5) is 5.69 Å². The topological polar surface area (TPSA) is 69.3 Å². The quantitative estimate of drug-likeness (QED) is 0.728. The molecule has 0 aliphatic rings. The van der Waals surface area contributed by atoms with Gasteiger partial charge in [0.1, 0.15) is 0 Å². The van der Waals surface area contributed by atoms with E-state index in [0.29, 0.717) is 35.2 Å². The number of carbonyl (C=O) groups excluding carboxylic acids is 1. The summed E-state index contributed by atoms with van der Waals surface area (Å²) in [7, 11) is 8.20. The minimum Gasteiger partial charge on any atom is -0.493 e. The summed E-state index contributed by atoms with van der Waals surface area (Å²) in [5.41, 5.74) is 1.67. The Balaban J connectivity index is 1.95. The maximum Gasteiger partial charge on any atom is 0.238 e. The van der Waals surface area contributed by atoms with Crippen LogP contribution in [0.1, 0.15) is 5.56 Å². The monoisotopic (exact) mass is 374 g/mol. The van der Waals surface area contributed by atoms with Crippen molar-refractivity contribution in [1.29, 1.82) is 0 Å². The van der Waals surface area contributed by atoms with Crippen molar-refractivity contribution in [3.05, 3.63) is 42.0 Å². The molecule has 0 aliphatic carbocycles. The smallest absolute Gasteiger partial charge is 0.238 e. The molecular weight excluding hydrogens is 348 g/mol. The molecule has 7 nitrogen and oxygen atoms in total. The van der Waals surface area contributed by atoms with E-state index in [9.17, 15) is 4.79 Å². The van der Waals surface area contributed by atoms with Crippen LogP contribution in [0, 0.1) is 0 Å². The van der Waals surface area contributed by atoms with Crippen LogP contribution < -0.4 is 24.3 Å². The molecule has 0 saturated carbocycles. The average Bonchev–Trinajstić information content (AvgIpc) is 2.67. The van der Waals surface area contributed by atoms with Gasteiger partial charge >= 0.3 is 0 Å². The van der Waals surface area contributed by atoms with Crippen molar-refractivity contribution < 1.29 is 23.7 Å². The molecule has 0 atom stereocenters. The van der Waals surface area contributed by atoms with E-state index in [1.165, 1.54) is 0 Å². The molecule has 7 heteroatoms. The molecule has 2 aromatic rings. The number of anilines is 1. The van der Waals surface area contributed by atoms with Crippen molar-refractivity contribution in [2.75, 3.05) is 47.3 Å². The minimum absolute atomic E-state index is 0.120. The van der Waals surface area contributed by atoms with Gasteiger partial charge < -0.3 is 24.3 Å². The Morgan fingerprint density at radius 1 is 0.852 bits per heavy atom. The normalized spacial score (nSPS) is 10.4. The third-order valence-electron chi connectivity index (χ3n) is 3.98. The molecule has 1 amide bonds. The largest absolute Gasteiger partial charge is 0.493 e. The Morgan fingerprint density at radius 2 is 1.41 bits per heavy atom. The van der Waals surface area contributed by atoms with Crippen LogP contribution >= 0.6 is 0 Å². The summed E-state index contributed by atoms with van der Waals surface area (Å²) in [6.45, 7) is 0.836. The zero-order valence-corrected chi connectivity index (χ0v) is 16.4. The number of hydrogen-bond donors (Lipinski definition) is 1. The summed E-state index contributed by atoms with van der Waals surface area (Å²) in [5.74, 6) is 2.40. The third kappa shape index (κ3) is 5.52. The predicted octanol–water partition coefficient (Wildman–Crippen LogP) is 2.79. The van der Waals surface area contributed by atoms with E-state index in [1.807, 2.05) is 30.1 Å². The second-order valence-corrected chi connectivity index (χ2v) is 5.98. The number of benzene rings is 2. The Bertz CT molecular complexity index is 779. The Kier molecular flexibility index (Phi) is 7.31. The van der Waals surface area contributed by atoms with Crippen molar-refractivity contribution in [1.82, 2.24) is 4.90 Å². The van der Waals surface area contributed by atoms with E-state index in [1.54, 1.807) is 46.6 Å². The fraction of sp³-hybridized carbons (Fsp3) is 0.350. The maximum absolute atomic E-state index is 12.3. The zero-order chi connectivity index (χ0) is 19.8. The second-order valence-electron chi connectivity index (χ2n) is 5.98. The minimum atomic E-state index is -0.120. The van der Waals surface area contributed by atoms with Crippen molar-refractivity contribution >= 4 is 11.6 Å². The highest BCUT2D eigenvalue weighted by Crippen LogP contribution is 2.30. The van der Waals surface area contributed by atoms with Crippen LogP contribution in [-0.2, 0) is 11.3 Å².